The number of amides is 2. The van der Waals surface area contributed by atoms with E-state index in [1.54, 1.807) is 6.92 Å². The molecule has 7 heteroatoms. The van der Waals surface area contributed by atoms with Gasteiger partial charge in [0.05, 0.1) is 17.3 Å². The van der Waals surface area contributed by atoms with Crippen molar-refractivity contribution in [1.29, 1.82) is 5.26 Å². The maximum atomic E-state index is 12.9. The van der Waals surface area contributed by atoms with Crippen molar-refractivity contribution in [3.8, 4) is 6.07 Å². The molecule has 4 fully saturated rings. The number of piperazine rings is 1. The fraction of sp³-hybridized carbons (Fsp3) is 0.680. The number of carbonyl (C=O) groups excluding carboxylic acids is 2. The Bertz CT molecular complexity index is 1020. The Kier molecular flexibility index (Phi) is 4.67. The van der Waals surface area contributed by atoms with Crippen LogP contribution in [0.5, 0.6) is 0 Å². The predicted octanol–water partition coefficient (Wildman–Crippen LogP) is 2.57. The molecule has 3 saturated carbocycles. The Morgan fingerprint density at radius 3 is 2.44 bits per heavy atom. The zero-order chi connectivity index (χ0) is 22.0. The molecule has 0 N–H and O–H groups in total. The third-order valence-corrected chi connectivity index (χ3v) is 8.02. The topological polar surface area (TPSA) is 80.5 Å². The summed E-state index contributed by atoms with van der Waals surface area (Å²) in [6, 6.07) is 2.73. The number of hydrogen-bond donors (Lipinski definition) is 0. The smallest absolute Gasteiger partial charge is 0.226 e. The second-order valence-corrected chi connectivity index (χ2v) is 10.4. The van der Waals surface area contributed by atoms with Crippen LogP contribution in [0.4, 0.5) is 5.82 Å². The summed E-state index contributed by atoms with van der Waals surface area (Å²) in [6.45, 7) is 5.12. The minimum atomic E-state index is 0.0868. The van der Waals surface area contributed by atoms with Crippen molar-refractivity contribution in [2.45, 2.75) is 70.4 Å². The quantitative estimate of drug-likeness (QED) is 0.729. The van der Waals surface area contributed by atoms with E-state index in [0.717, 1.165) is 74.4 Å². The van der Waals surface area contributed by atoms with Gasteiger partial charge in [-0.3, -0.25) is 9.59 Å². The highest BCUT2D eigenvalue weighted by atomic mass is 16.2. The first kappa shape index (κ1) is 20.0. The van der Waals surface area contributed by atoms with Gasteiger partial charge in [0.1, 0.15) is 11.9 Å². The van der Waals surface area contributed by atoms with Crippen molar-refractivity contribution in [2.75, 3.05) is 31.1 Å². The summed E-state index contributed by atoms with van der Waals surface area (Å²) >= 11 is 0. The highest BCUT2D eigenvalue weighted by molar-refractivity contribution is 5.82. The van der Waals surface area contributed by atoms with Gasteiger partial charge in [-0.25, -0.2) is 4.98 Å². The molecule has 0 spiro atoms. The van der Waals surface area contributed by atoms with Gasteiger partial charge in [0.25, 0.3) is 0 Å². The molecule has 0 aromatic carbocycles. The van der Waals surface area contributed by atoms with Crippen LogP contribution in [0.3, 0.4) is 0 Å². The number of nitriles is 1. The van der Waals surface area contributed by atoms with E-state index in [0.29, 0.717) is 36.4 Å². The molecular formula is C25H31N5O2. The largest absolute Gasteiger partial charge is 0.352 e. The molecule has 1 atom stereocenters. The molecule has 1 unspecified atom stereocenters. The molecule has 168 valence electrons. The van der Waals surface area contributed by atoms with Gasteiger partial charge in [-0.05, 0) is 62.0 Å². The van der Waals surface area contributed by atoms with Gasteiger partial charge in [-0.2, -0.15) is 5.26 Å². The lowest BCUT2D eigenvalue weighted by atomic mass is 9.92. The number of pyridine rings is 1. The lowest BCUT2D eigenvalue weighted by Gasteiger charge is -2.43. The molecule has 32 heavy (non-hydrogen) atoms. The van der Waals surface area contributed by atoms with Gasteiger partial charge in [0, 0.05) is 51.5 Å². The molecule has 2 amide bonds. The van der Waals surface area contributed by atoms with Gasteiger partial charge in [-0.15, -0.1) is 0 Å². The molecule has 6 rings (SSSR count). The summed E-state index contributed by atoms with van der Waals surface area (Å²) in [5.41, 5.74) is 4.04. The van der Waals surface area contributed by atoms with Crippen LogP contribution in [-0.4, -0.2) is 58.8 Å². The fourth-order valence-corrected chi connectivity index (χ4v) is 5.68. The van der Waals surface area contributed by atoms with Crippen LogP contribution in [0.2, 0.25) is 0 Å². The third-order valence-electron chi connectivity index (χ3n) is 8.02. The minimum Gasteiger partial charge on any atom is -0.352 e. The SMILES string of the molecule is CC(=O)N1CCc2c(C#N)c(N3CCN(C(=O)C4CC4)C(C4CC4)C3)nc(C3CC3)c2C1. The van der Waals surface area contributed by atoms with E-state index in [1.165, 1.54) is 12.8 Å². The lowest BCUT2D eigenvalue weighted by molar-refractivity contribution is -0.136. The molecule has 3 heterocycles. The van der Waals surface area contributed by atoms with Crippen LogP contribution in [0, 0.1) is 23.2 Å². The van der Waals surface area contributed by atoms with Crippen LogP contribution in [0.25, 0.3) is 0 Å². The zero-order valence-corrected chi connectivity index (χ0v) is 18.8. The number of fused-ring (bicyclic) bond motifs is 1. The van der Waals surface area contributed by atoms with Crippen molar-refractivity contribution in [2.24, 2.45) is 11.8 Å². The van der Waals surface area contributed by atoms with E-state index in [2.05, 4.69) is 15.9 Å². The van der Waals surface area contributed by atoms with E-state index in [9.17, 15) is 14.9 Å². The normalized spacial score (nSPS) is 25.4. The van der Waals surface area contributed by atoms with Crippen molar-refractivity contribution in [3.63, 3.8) is 0 Å². The summed E-state index contributed by atoms with van der Waals surface area (Å²) in [5.74, 6) is 2.57. The Balaban J connectivity index is 1.35. The highest BCUT2D eigenvalue weighted by Gasteiger charge is 2.45. The van der Waals surface area contributed by atoms with Crippen molar-refractivity contribution >= 4 is 17.6 Å². The average Bonchev–Trinajstić information content (AvgIpc) is 3.66. The summed E-state index contributed by atoms with van der Waals surface area (Å²) in [6.07, 6.45) is 7.48. The Labute approximate surface area is 189 Å². The minimum absolute atomic E-state index is 0.0868. The van der Waals surface area contributed by atoms with E-state index in [4.69, 9.17) is 4.98 Å². The maximum Gasteiger partial charge on any atom is 0.226 e. The molecule has 3 aliphatic carbocycles. The lowest BCUT2D eigenvalue weighted by Crippen LogP contribution is -2.57. The number of aromatic nitrogens is 1. The first-order valence-electron chi connectivity index (χ1n) is 12.3. The zero-order valence-electron chi connectivity index (χ0n) is 18.8. The molecule has 0 bridgehead atoms. The number of carbonyl (C=O) groups is 2. The Hall–Kier alpha value is -2.62. The van der Waals surface area contributed by atoms with Crippen molar-refractivity contribution in [1.82, 2.24) is 14.8 Å². The maximum absolute atomic E-state index is 12.9. The van der Waals surface area contributed by atoms with E-state index in [1.807, 2.05) is 4.90 Å². The molecule has 1 saturated heterocycles. The first-order chi connectivity index (χ1) is 15.5. The van der Waals surface area contributed by atoms with E-state index >= 15 is 0 Å². The third kappa shape index (κ3) is 3.44. The summed E-state index contributed by atoms with van der Waals surface area (Å²) in [4.78, 5) is 36.4. The number of anilines is 1. The second kappa shape index (κ2) is 7.47. The van der Waals surface area contributed by atoms with Gasteiger partial charge in [-0.1, -0.05) is 0 Å². The summed E-state index contributed by atoms with van der Waals surface area (Å²) < 4.78 is 0. The highest BCUT2D eigenvalue weighted by Crippen LogP contribution is 2.45. The summed E-state index contributed by atoms with van der Waals surface area (Å²) in [7, 11) is 0. The van der Waals surface area contributed by atoms with Gasteiger partial charge >= 0.3 is 0 Å². The van der Waals surface area contributed by atoms with E-state index in [-0.39, 0.29) is 17.9 Å². The fourth-order valence-electron chi connectivity index (χ4n) is 5.68. The monoisotopic (exact) mass is 433 g/mol. The van der Waals surface area contributed by atoms with Crippen LogP contribution in [0.1, 0.15) is 73.8 Å². The van der Waals surface area contributed by atoms with Crippen LogP contribution >= 0.6 is 0 Å². The summed E-state index contributed by atoms with van der Waals surface area (Å²) in [5, 5.41) is 10.2. The molecule has 7 nitrogen and oxygen atoms in total. The second-order valence-electron chi connectivity index (χ2n) is 10.4. The molecule has 5 aliphatic rings. The Morgan fingerprint density at radius 2 is 1.81 bits per heavy atom. The van der Waals surface area contributed by atoms with Gasteiger partial charge in [0.15, 0.2) is 0 Å². The van der Waals surface area contributed by atoms with Crippen molar-refractivity contribution < 1.29 is 9.59 Å². The van der Waals surface area contributed by atoms with E-state index < -0.39 is 0 Å². The first-order valence-corrected chi connectivity index (χ1v) is 12.3. The van der Waals surface area contributed by atoms with Crippen LogP contribution in [0.15, 0.2) is 0 Å². The number of hydrogen-bond acceptors (Lipinski definition) is 5. The van der Waals surface area contributed by atoms with Crippen molar-refractivity contribution in [3.05, 3.63) is 22.4 Å². The van der Waals surface area contributed by atoms with Gasteiger partial charge in [0.2, 0.25) is 11.8 Å². The average molecular weight is 434 g/mol. The Morgan fingerprint density at radius 1 is 1.03 bits per heavy atom. The van der Waals surface area contributed by atoms with Crippen LogP contribution < -0.4 is 4.90 Å². The predicted molar refractivity (Wildman–Crippen MR) is 119 cm³/mol. The molecule has 1 aromatic rings. The molecule has 2 aliphatic heterocycles. The molecule has 1 aromatic heterocycles. The van der Waals surface area contributed by atoms with Crippen LogP contribution in [-0.2, 0) is 22.6 Å². The standard InChI is InChI=1S/C25H31N5O2/c1-15(31)28-9-8-19-20(12-26)24(27-23(17-4-5-17)21(19)13-28)29-10-11-30(25(32)18-6-7-18)22(14-29)16-2-3-16/h16-18,22H,2-11,13-14H2,1H3. The molecular weight excluding hydrogens is 402 g/mol. The van der Waals surface area contributed by atoms with Gasteiger partial charge < -0.3 is 14.7 Å². The number of rotatable bonds is 4. The molecule has 0 radical (unpaired) electrons. The number of nitrogens with zero attached hydrogens (tertiary/aromatic N) is 5.